The van der Waals surface area contributed by atoms with Crippen LogP contribution in [0.4, 0.5) is 4.79 Å². The molecular weight excluding hydrogens is 294 g/mol. The molecule has 2 N–H and O–H groups in total. The predicted molar refractivity (Wildman–Crippen MR) is 88.6 cm³/mol. The fraction of sp³-hybridized carbons (Fsp3) is 0.611. The molecular formula is C18H27NO4. The van der Waals surface area contributed by atoms with Gasteiger partial charge in [0, 0.05) is 0 Å². The predicted octanol–water partition coefficient (Wildman–Crippen LogP) is 2.91. The Morgan fingerprint density at radius 1 is 1.26 bits per heavy atom. The van der Waals surface area contributed by atoms with Gasteiger partial charge in [0.2, 0.25) is 0 Å². The van der Waals surface area contributed by atoms with Gasteiger partial charge < -0.3 is 19.9 Å². The first kappa shape index (κ1) is 17.6. The molecule has 1 saturated carbocycles. The second-order valence-corrected chi connectivity index (χ2v) is 5.96. The lowest BCUT2D eigenvalue weighted by atomic mass is 9.82. The summed E-state index contributed by atoms with van der Waals surface area (Å²) in [7, 11) is 0. The van der Waals surface area contributed by atoms with Gasteiger partial charge >= 0.3 is 6.09 Å². The van der Waals surface area contributed by atoms with Crippen molar-refractivity contribution in [2.75, 3.05) is 19.8 Å². The molecule has 1 aromatic carbocycles. The zero-order valence-electron chi connectivity index (χ0n) is 13.8. The number of benzene rings is 1. The van der Waals surface area contributed by atoms with Gasteiger partial charge in [-0.25, -0.2) is 4.79 Å². The summed E-state index contributed by atoms with van der Waals surface area (Å²) in [6.07, 6.45) is 4.75. The van der Waals surface area contributed by atoms with Crippen molar-refractivity contribution in [2.24, 2.45) is 5.92 Å². The van der Waals surface area contributed by atoms with Gasteiger partial charge in [-0.1, -0.05) is 25.0 Å². The fourth-order valence-electron chi connectivity index (χ4n) is 2.95. The normalized spacial score (nSPS) is 20.8. The molecule has 23 heavy (non-hydrogen) atoms. The van der Waals surface area contributed by atoms with Crippen molar-refractivity contribution < 1.29 is 19.4 Å². The largest absolute Gasteiger partial charge is 0.492 e. The summed E-state index contributed by atoms with van der Waals surface area (Å²) in [5.41, 5.74) is 1.23. The molecule has 5 heteroatoms. The number of carbonyl (C=O) groups excluding carboxylic acids is 1. The van der Waals surface area contributed by atoms with Crippen LogP contribution >= 0.6 is 0 Å². The quantitative estimate of drug-likeness (QED) is 0.758. The Bertz CT molecular complexity index is 474. The number of alkyl carbamates (subject to hydrolysis) is 1. The van der Waals surface area contributed by atoms with E-state index in [9.17, 15) is 9.90 Å². The zero-order valence-corrected chi connectivity index (χ0v) is 13.8. The topological polar surface area (TPSA) is 67.8 Å². The smallest absolute Gasteiger partial charge is 0.407 e. The number of aliphatic hydroxyl groups is 1. The molecule has 0 bridgehead atoms. The third-order valence-electron chi connectivity index (χ3n) is 4.21. The van der Waals surface area contributed by atoms with E-state index >= 15 is 0 Å². The molecule has 1 fully saturated rings. The maximum Gasteiger partial charge on any atom is 0.407 e. The van der Waals surface area contributed by atoms with Gasteiger partial charge in [-0.05, 0) is 49.8 Å². The van der Waals surface area contributed by atoms with E-state index < -0.39 is 6.09 Å². The maximum atomic E-state index is 11.1. The molecule has 1 aliphatic rings. The lowest BCUT2D eigenvalue weighted by Gasteiger charge is -2.27. The molecule has 0 radical (unpaired) electrons. The second-order valence-electron chi connectivity index (χ2n) is 5.96. The van der Waals surface area contributed by atoms with Crippen LogP contribution in [0, 0.1) is 5.92 Å². The van der Waals surface area contributed by atoms with E-state index in [1.165, 1.54) is 12.0 Å². The molecule has 0 unspecified atom stereocenters. The Hall–Kier alpha value is -1.75. The van der Waals surface area contributed by atoms with E-state index in [2.05, 4.69) is 17.4 Å². The third-order valence-corrected chi connectivity index (χ3v) is 4.21. The van der Waals surface area contributed by atoms with Crippen molar-refractivity contribution >= 4 is 6.09 Å². The molecule has 1 amide bonds. The van der Waals surface area contributed by atoms with Crippen LogP contribution < -0.4 is 10.1 Å². The van der Waals surface area contributed by atoms with Crippen molar-refractivity contribution in [3.63, 3.8) is 0 Å². The number of hydrogen-bond donors (Lipinski definition) is 2. The zero-order chi connectivity index (χ0) is 16.5. The number of aliphatic hydroxyl groups excluding tert-OH is 1. The van der Waals surface area contributed by atoms with Gasteiger partial charge in [0.15, 0.2) is 0 Å². The standard InChI is InChI=1S/C18H27NO4/c1-2-22-18(21)19-11-12-23-16-9-7-14(8-10-16)13-15-5-3-4-6-17(15)20/h7-10,15,17,20H,2-6,11-13H2,1H3,(H,19,21)/t15-,17-/m1/s1. The van der Waals surface area contributed by atoms with Gasteiger partial charge in [0.25, 0.3) is 0 Å². The van der Waals surface area contributed by atoms with Crippen molar-refractivity contribution in [3.05, 3.63) is 29.8 Å². The van der Waals surface area contributed by atoms with Crippen molar-refractivity contribution in [3.8, 4) is 5.75 Å². The number of nitrogens with one attached hydrogen (secondary N) is 1. The number of hydrogen-bond acceptors (Lipinski definition) is 4. The van der Waals surface area contributed by atoms with Crippen molar-refractivity contribution in [1.82, 2.24) is 5.32 Å². The highest BCUT2D eigenvalue weighted by molar-refractivity contribution is 5.66. The van der Waals surface area contributed by atoms with Crippen LogP contribution in [0.15, 0.2) is 24.3 Å². The lowest BCUT2D eigenvalue weighted by molar-refractivity contribution is 0.0700. The molecule has 128 valence electrons. The first-order valence-electron chi connectivity index (χ1n) is 8.49. The monoisotopic (exact) mass is 321 g/mol. The Kier molecular flexibility index (Phi) is 7.20. The number of ether oxygens (including phenoxy) is 2. The molecule has 0 aliphatic heterocycles. The van der Waals surface area contributed by atoms with Crippen LogP contribution in [0.3, 0.4) is 0 Å². The average molecular weight is 321 g/mol. The van der Waals surface area contributed by atoms with E-state index in [4.69, 9.17) is 9.47 Å². The molecule has 0 saturated heterocycles. The molecule has 1 aromatic rings. The van der Waals surface area contributed by atoms with Crippen LogP contribution in [0.2, 0.25) is 0 Å². The van der Waals surface area contributed by atoms with E-state index in [1.807, 2.05) is 12.1 Å². The van der Waals surface area contributed by atoms with Gasteiger partial charge in [-0.3, -0.25) is 0 Å². The first-order chi connectivity index (χ1) is 11.2. The highest BCUT2D eigenvalue weighted by Gasteiger charge is 2.22. The number of amides is 1. The third kappa shape index (κ3) is 6.10. The van der Waals surface area contributed by atoms with E-state index in [1.54, 1.807) is 6.92 Å². The second kappa shape index (κ2) is 9.40. The summed E-state index contributed by atoms with van der Waals surface area (Å²) in [4.78, 5) is 11.1. The molecule has 0 spiro atoms. The van der Waals surface area contributed by atoms with Crippen molar-refractivity contribution in [1.29, 1.82) is 0 Å². The van der Waals surface area contributed by atoms with Crippen LogP contribution in [0.25, 0.3) is 0 Å². The van der Waals surface area contributed by atoms with Gasteiger partial charge in [-0.15, -0.1) is 0 Å². The molecule has 0 aromatic heterocycles. The Morgan fingerprint density at radius 3 is 2.70 bits per heavy atom. The van der Waals surface area contributed by atoms with Crippen LogP contribution in [0.1, 0.15) is 38.2 Å². The SMILES string of the molecule is CCOC(=O)NCCOc1ccc(C[C@H]2CCCC[C@H]2O)cc1. The van der Waals surface area contributed by atoms with Crippen molar-refractivity contribution in [2.45, 2.75) is 45.1 Å². The summed E-state index contributed by atoms with van der Waals surface area (Å²) in [6.45, 7) is 2.95. The highest BCUT2D eigenvalue weighted by Crippen LogP contribution is 2.27. The summed E-state index contributed by atoms with van der Waals surface area (Å²) in [6, 6.07) is 7.98. The lowest BCUT2D eigenvalue weighted by Crippen LogP contribution is -2.28. The van der Waals surface area contributed by atoms with Gasteiger partial charge in [0.1, 0.15) is 12.4 Å². The van der Waals surface area contributed by atoms with Crippen LogP contribution in [0.5, 0.6) is 5.75 Å². The maximum absolute atomic E-state index is 11.1. The Morgan fingerprint density at radius 2 is 2.00 bits per heavy atom. The summed E-state index contributed by atoms with van der Waals surface area (Å²) < 4.78 is 10.3. The summed E-state index contributed by atoms with van der Waals surface area (Å²) >= 11 is 0. The number of rotatable bonds is 7. The molecule has 2 rings (SSSR count). The molecule has 5 nitrogen and oxygen atoms in total. The summed E-state index contributed by atoms with van der Waals surface area (Å²) in [5.74, 6) is 1.16. The number of carbonyl (C=O) groups is 1. The average Bonchev–Trinajstić information content (AvgIpc) is 2.55. The highest BCUT2D eigenvalue weighted by atomic mass is 16.5. The minimum absolute atomic E-state index is 0.159. The Labute approximate surface area is 138 Å². The minimum Gasteiger partial charge on any atom is -0.492 e. The fourth-order valence-corrected chi connectivity index (χ4v) is 2.95. The van der Waals surface area contributed by atoms with E-state index in [0.717, 1.165) is 31.4 Å². The minimum atomic E-state index is -0.419. The molecule has 0 heterocycles. The van der Waals surface area contributed by atoms with Gasteiger partial charge in [-0.2, -0.15) is 0 Å². The van der Waals surface area contributed by atoms with E-state index in [-0.39, 0.29) is 6.10 Å². The van der Waals surface area contributed by atoms with Crippen LogP contribution in [-0.2, 0) is 11.2 Å². The van der Waals surface area contributed by atoms with E-state index in [0.29, 0.717) is 25.7 Å². The molecule has 2 atom stereocenters. The van der Waals surface area contributed by atoms with Gasteiger partial charge in [0.05, 0.1) is 19.3 Å². The van der Waals surface area contributed by atoms with Crippen LogP contribution in [-0.4, -0.2) is 37.1 Å². The molecule has 1 aliphatic carbocycles. The first-order valence-corrected chi connectivity index (χ1v) is 8.49. The summed E-state index contributed by atoms with van der Waals surface area (Å²) in [5, 5.41) is 12.7. The Balaban J connectivity index is 1.70.